The molecule has 12 heteroatoms. The standard InChI is InChI=1S/C29H32Cl3N3O.C2HF3O2/c30-25-8-10-26(11-9-25)33-29(36)35(21-24-7-12-27(31)28(32)20-24)16-4-15-34-17-13-23(14-18-34)19-22-5-2-1-3-6-22;3-2(4,5)1(6)7/h1-3,5-12,20,23H,4,13-19,21H2,(H,33,36);(H,6,7). The molecule has 232 valence electrons. The van der Waals surface area contributed by atoms with Gasteiger partial charge in [0.15, 0.2) is 0 Å². The quantitative estimate of drug-likeness (QED) is 0.241. The summed E-state index contributed by atoms with van der Waals surface area (Å²) in [5, 5.41) is 11.7. The highest BCUT2D eigenvalue weighted by Gasteiger charge is 2.38. The van der Waals surface area contributed by atoms with Crippen molar-refractivity contribution in [2.75, 3.05) is 31.5 Å². The van der Waals surface area contributed by atoms with Gasteiger partial charge in [-0.2, -0.15) is 13.2 Å². The Morgan fingerprint density at radius 3 is 2.12 bits per heavy atom. The maximum Gasteiger partial charge on any atom is 0.490 e. The zero-order valence-electron chi connectivity index (χ0n) is 23.3. The van der Waals surface area contributed by atoms with Gasteiger partial charge in [0, 0.05) is 23.8 Å². The summed E-state index contributed by atoms with van der Waals surface area (Å²) < 4.78 is 31.7. The summed E-state index contributed by atoms with van der Waals surface area (Å²) in [6.07, 6.45) is -0.576. The Morgan fingerprint density at radius 2 is 1.53 bits per heavy atom. The van der Waals surface area contributed by atoms with E-state index < -0.39 is 12.1 Å². The van der Waals surface area contributed by atoms with Crippen molar-refractivity contribution >= 4 is 52.5 Å². The molecule has 0 aliphatic carbocycles. The average molecular weight is 659 g/mol. The number of hydrogen-bond acceptors (Lipinski definition) is 3. The molecule has 1 fully saturated rings. The smallest absolute Gasteiger partial charge is 0.475 e. The van der Waals surface area contributed by atoms with Crippen molar-refractivity contribution in [1.82, 2.24) is 9.80 Å². The topological polar surface area (TPSA) is 72.9 Å². The van der Waals surface area contributed by atoms with Crippen LogP contribution in [0.4, 0.5) is 23.7 Å². The largest absolute Gasteiger partial charge is 0.490 e. The minimum absolute atomic E-state index is 0.148. The van der Waals surface area contributed by atoms with E-state index in [4.69, 9.17) is 44.7 Å². The third kappa shape index (κ3) is 12.3. The number of likely N-dealkylation sites (tertiary alicyclic amines) is 1. The van der Waals surface area contributed by atoms with Crippen LogP contribution in [0.2, 0.25) is 15.1 Å². The molecular weight excluding hydrogens is 626 g/mol. The van der Waals surface area contributed by atoms with Crippen LogP contribution in [0, 0.1) is 5.92 Å². The highest BCUT2D eigenvalue weighted by molar-refractivity contribution is 6.42. The summed E-state index contributed by atoms with van der Waals surface area (Å²) in [6, 6.07) is 23.3. The lowest BCUT2D eigenvalue weighted by Crippen LogP contribution is -2.39. The fraction of sp³-hybridized carbons (Fsp3) is 0.355. The summed E-state index contributed by atoms with van der Waals surface area (Å²) in [4.78, 5) is 26.4. The Bertz CT molecular complexity index is 1320. The zero-order valence-corrected chi connectivity index (χ0v) is 25.6. The highest BCUT2D eigenvalue weighted by atomic mass is 35.5. The number of alkyl halides is 3. The maximum absolute atomic E-state index is 13.2. The van der Waals surface area contributed by atoms with Gasteiger partial charge in [0.05, 0.1) is 10.0 Å². The number of anilines is 1. The Hall–Kier alpha value is -2.98. The monoisotopic (exact) mass is 657 g/mol. The molecule has 0 radical (unpaired) electrons. The van der Waals surface area contributed by atoms with E-state index in [2.05, 4.69) is 40.5 Å². The Morgan fingerprint density at radius 1 is 0.907 bits per heavy atom. The summed E-state index contributed by atoms with van der Waals surface area (Å²) in [5.41, 5.74) is 3.09. The van der Waals surface area contributed by atoms with Gasteiger partial charge in [-0.1, -0.05) is 71.2 Å². The first-order valence-electron chi connectivity index (χ1n) is 13.7. The van der Waals surface area contributed by atoms with E-state index in [1.165, 1.54) is 18.4 Å². The van der Waals surface area contributed by atoms with E-state index in [1.54, 1.807) is 30.3 Å². The van der Waals surface area contributed by atoms with Crippen LogP contribution in [0.3, 0.4) is 0 Å². The van der Waals surface area contributed by atoms with Crippen molar-refractivity contribution in [1.29, 1.82) is 0 Å². The van der Waals surface area contributed by atoms with E-state index in [9.17, 15) is 18.0 Å². The molecule has 0 spiro atoms. The number of carboxylic acids is 1. The van der Waals surface area contributed by atoms with Crippen LogP contribution in [-0.4, -0.2) is 59.3 Å². The number of carbonyl (C=O) groups is 2. The van der Waals surface area contributed by atoms with Crippen LogP contribution >= 0.6 is 34.8 Å². The molecule has 0 aromatic heterocycles. The number of benzene rings is 3. The molecule has 0 unspecified atom stereocenters. The van der Waals surface area contributed by atoms with Crippen LogP contribution in [0.1, 0.15) is 30.4 Å². The number of nitrogens with zero attached hydrogens (tertiary/aromatic N) is 2. The fourth-order valence-electron chi connectivity index (χ4n) is 4.69. The first kappa shape index (κ1) is 34.5. The molecule has 3 aromatic carbocycles. The molecule has 0 saturated carbocycles. The molecule has 1 saturated heterocycles. The van der Waals surface area contributed by atoms with Gasteiger partial charge < -0.3 is 20.2 Å². The summed E-state index contributed by atoms with van der Waals surface area (Å²) in [6.45, 7) is 4.30. The molecule has 0 atom stereocenters. The van der Waals surface area contributed by atoms with Crippen LogP contribution in [0.25, 0.3) is 0 Å². The van der Waals surface area contributed by atoms with E-state index in [-0.39, 0.29) is 6.03 Å². The van der Waals surface area contributed by atoms with Gasteiger partial charge in [0.1, 0.15) is 0 Å². The van der Waals surface area contributed by atoms with Crippen molar-refractivity contribution in [3.8, 4) is 0 Å². The van der Waals surface area contributed by atoms with E-state index in [1.807, 2.05) is 17.0 Å². The van der Waals surface area contributed by atoms with Crippen molar-refractivity contribution < 1.29 is 27.9 Å². The lowest BCUT2D eigenvalue weighted by atomic mass is 9.90. The summed E-state index contributed by atoms with van der Waals surface area (Å²) in [7, 11) is 0. The van der Waals surface area contributed by atoms with Crippen LogP contribution < -0.4 is 5.32 Å². The van der Waals surface area contributed by atoms with Crippen LogP contribution in [0.15, 0.2) is 72.8 Å². The summed E-state index contributed by atoms with van der Waals surface area (Å²) in [5.74, 6) is -2.01. The minimum atomic E-state index is -5.08. The van der Waals surface area contributed by atoms with Crippen molar-refractivity contribution in [2.24, 2.45) is 5.92 Å². The molecule has 0 bridgehead atoms. The van der Waals surface area contributed by atoms with Gasteiger partial charge >= 0.3 is 18.2 Å². The first-order chi connectivity index (χ1) is 20.4. The number of carbonyl (C=O) groups excluding carboxylic acids is 1. The molecule has 43 heavy (non-hydrogen) atoms. The fourth-order valence-corrected chi connectivity index (χ4v) is 5.14. The lowest BCUT2D eigenvalue weighted by molar-refractivity contribution is -0.192. The SMILES string of the molecule is O=C(Nc1ccc(Cl)cc1)N(CCCN1CCC(Cc2ccccc2)CC1)Cc1ccc(Cl)c(Cl)c1.O=C(O)C(F)(F)F. The molecule has 1 heterocycles. The van der Waals surface area contributed by atoms with Crippen molar-refractivity contribution in [3.63, 3.8) is 0 Å². The van der Waals surface area contributed by atoms with Gasteiger partial charge in [-0.25, -0.2) is 9.59 Å². The molecule has 4 rings (SSSR count). The van der Waals surface area contributed by atoms with Gasteiger partial charge in [-0.05, 0) is 98.8 Å². The predicted molar refractivity (Wildman–Crippen MR) is 165 cm³/mol. The molecular formula is C31H33Cl3F3N3O3. The second-order valence-corrected chi connectivity index (χ2v) is 11.5. The zero-order chi connectivity index (χ0) is 31.4. The number of rotatable bonds is 9. The van der Waals surface area contributed by atoms with E-state index in [0.29, 0.717) is 33.8 Å². The molecule has 6 nitrogen and oxygen atoms in total. The van der Waals surface area contributed by atoms with Crippen LogP contribution in [-0.2, 0) is 17.8 Å². The lowest BCUT2D eigenvalue weighted by Gasteiger charge is -2.32. The van der Waals surface area contributed by atoms with Gasteiger partial charge in [0.25, 0.3) is 0 Å². The maximum atomic E-state index is 13.2. The number of aliphatic carboxylic acids is 1. The van der Waals surface area contributed by atoms with Gasteiger partial charge in [0.2, 0.25) is 0 Å². The second-order valence-electron chi connectivity index (χ2n) is 10.2. The van der Waals surface area contributed by atoms with Gasteiger partial charge in [-0.3, -0.25) is 0 Å². The average Bonchev–Trinajstić information content (AvgIpc) is 2.97. The third-order valence-electron chi connectivity index (χ3n) is 6.96. The number of nitrogens with one attached hydrogen (secondary N) is 1. The number of urea groups is 1. The van der Waals surface area contributed by atoms with Crippen LogP contribution in [0.5, 0.6) is 0 Å². The minimum Gasteiger partial charge on any atom is -0.475 e. The summed E-state index contributed by atoms with van der Waals surface area (Å²) >= 11 is 18.3. The van der Waals surface area contributed by atoms with E-state index in [0.717, 1.165) is 44.0 Å². The molecule has 2 amide bonds. The molecule has 3 aromatic rings. The second kappa shape index (κ2) is 16.8. The predicted octanol–water partition coefficient (Wildman–Crippen LogP) is 8.66. The highest BCUT2D eigenvalue weighted by Crippen LogP contribution is 2.25. The number of piperidine rings is 1. The number of halogens is 6. The number of carboxylic acid groups (broad SMARTS) is 1. The first-order valence-corrected chi connectivity index (χ1v) is 14.9. The van der Waals surface area contributed by atoms with Crippen molar-refractivity contribution in [2.45, 2.75) is 38.4 Å². The Kier molecular flexibility index (Phi) is 13.4. The molecule has 1 aliphatic rings. The Labute approximate surface area is 264 Å². The number of amides is 2. The molecule has 1 aliphatic heterocycles. The van der Waals surface area contributed by atoms with Gasteiger partial charge in [-0.15, -0.1) is 0 Å². The number of hydrogen-bond donors (Lipinski definition) is 2. The third-order valence-corrected chi connectivity index (χ3v) is 7.95. The van der Waals surface area contributed by atoms with E-state index >= 15 is 0 Å². The van der Waals surface area contributed by atoms with Crippen molar-refractivity contribution in [3.05, 3.63) is 99.0 Å². The molecule has 2 N–H and O–H groups in total. The Balaban J connectivity index is 0.000000646. The normalized spacial score (nSPS) is 14.0.